The standard InChI is InChI=1S/C13H15F2NO2.H3NO/c1-3-13(14,15)10-5-4-6-11(8-10)16-12(18)7-9(2)17;1-2/h4-6,8H,3,7H2,1-2H3,(H,16,18);2H,1H2. The van der Waals surface area contributed by atoms with Gasteiger partial charge in [-0.25, -0.2) is 14.7 Å². The highest BCUT2D eigenvalue weighted by Gasteiger charge is 2.28. The normalized spacial score (nSPS) is 10.3. The number of amides is 1. The predicted octanol–water partition coefficient (Wildman–Crippen LogP) is 2.44. The molecular formula is C13H18F2N2O3. The van der Waals surface area contributed by atoms with E-state index in [0.717, 1.165) is 0 Å². The van der Waals surface area contributed by atoms with E-state index in [2.05, 4.69) is 11.2 Å². The minimum Gasteiger partial charge on any atom is -0.326 e. The zero-order valence-corrected chi connectivity index (χ0v) is 11.3. The van der Waals surface area contributed by atoms with Crippen LogP contribution in [0, 0.1) is 0 Å². The van der Waals surface area contributed by atoms with Gasteiger partial charge in [-0.15, -0.1) is 0 Å². The van der Waals surface area contributed by atoms with Crippen LogP contribution >= 0.6 is 0 Å². The van der Waals surface area contributed by atoms with Crippen LogP contribution in [0.25, 0.3) is 0 Å². The number of ketones is 1. The van der Waals surface area contributed by atoms with Crippen molar-refractivity contribution in [1.29, 1.82) is 0 Å². The first-order valence-electron chi connectivity index (χ1n) is 5.88. The van der Waals surface area contributed by atoms with E-state index in [0.29, 0.717) is 0 Å². The summed E-state index contributed by atoms with van der Waals surface area (Å²) in [4.78, 5) is 22.1. The second-order valence-corrected chi connectivity index (χ2v) is 4.07. The summed E-state index contributed by atoms with van der Waals surface area (Å²) < 4.78 is 26.9. The molecule has 0 heterocycles. The fourth-order valence-electron chi connectivity index (χ4n) is 1.46. The van der Waals surface area contributed by atoms with E-state index in [1.165, 1.54) is 38.1 Å². The van der Waals surface area contributed by atoms with Crippen molar-refractivity contribution in [2.24, 2.45) is 5.90 Å². The van der Waals surface area contributed by atoms with E-state index in [9.17, 15) is 18.4 Å². The first-order chi connectivity index (χ1) is 9.35. The summed E-state index contributed by atoms with van der Waals surface area (Å²) in [7, 11) is 0. The van der Waals surface area contributed by atoms with Crippen molar-refractivity contribution in [2.45, 2.75) is 32.6 Å². The van der Waals surface area contributed by atoms with Crippen LogP contribution in [0.4, 0.5) is 14.5 Å². The molecule has 4 N–H and O–H groups in total. The number of halogens is 2. The zero-order chi connectivity index (χ0) is 15.8. The Morgan fingerprint density at radius 2 is 1.95 bits per heavy atom. The SMILES string of the molecule is CCC(F)(F)c1cccc(NC(=O)CC(C)=O)c1.NO. The lowest BCUT2D eigenvalue weighted by Crippen LogP contribution is -2.16. The molecule has 0 saturated carbocycles. The van der Waals surface area contributed by atoms with E-state index < -0.39 is 11.8 Å². The summed E-state index contributed by atoms with van der Waals surface area (Å²) in [6, 6.07) is 5.49. The maximum Gasteiger partial charge on any atom is 0.273 e. The molecule has 1 rings (SSSR count). The molecule has 0 aliphatic carbocycles. The van der Waals surface area contributed by atoms with E-state index in [1.807, 2.05) is 0 Å². The Bertz CT molecular complexity index is 465. The van der Waals surface area contributed by atoms with E-state index in [1.54, 1.807) is 0 Å². The lowest BCUT2D eigenvalue weighted by atomic mass is 10.1. The third kappa shape index (κ3) is 5.85. The second-order valence-electron chi connectivity index (χ2n) is 4.07. The molecule has 0 spiro atoms. The lowest BCUT2D eigenvalue weighted by Gasteiger charge is -2.15. The number of hydrogen-bond acceptors (Lipinski definition) is 4. The van der Waals surface area contributed by atoms with Gasteiger partial charge in [-0.1, -0.05) is 19.1 Å². The van der Waals surface area contributed by atoms with Gasteiger partial charge in [0.05, 0.1) is 6.42 Å². The van der Waals surface area contributed by atoms with E-state index >= 15 is 0 Å². The number of carbonyl (C=O) groups is 2. The highest BCUT2D eigenvalue weighted by atomic mass is 19.3. The van der Waals surface area contributed by atoms with Crippen molar-refractivity contribution in [1.82, 2.24) is 0 Å². The monoisotopic (exact) mass is 288 g/mol. The Kier molecular flexibility index (Phi) is 7.56. The Balaban J connectivity index is 0.00000172. The summed E-state index contributed by atoms with van der Waals surface area (Å²) in [5.41, 5.74) is 0.123. The Morgan fingerprint density at radius 3 is 2.45 bits per heavy atom. The van der Waals surface area contributed by atoms with Crippen molar-refractivity contribution >= 4 is 17.4 Å². The molecule has 1 aromatic carbocycles. The minimum atomic E-state index is -2.92. The second kappa shape index (κ2) is 8.34. The Morgan fingerprint density at radius 1 is 1.35 bits per heavy atom. The van der Waals surface area contributed by atoms with Crippen LogP contribution in [-0.2, 0) is 15.5 Å². The molecule has 0 saturated heterocycles. The molecular weight excluding hydrogens is 270 g/mol. The van der Waals surface area contributed by atoms with Gasteiger partial charge in [-0.3, -0.25) is 9.59 Å². The molecule has 0 aliphatic heterocycles. The molecule has 0 radical (unpaired) electrons. The van der Waals surface area contributed by atoms with Crippen molar-refractivity contribution in [3.05, 3.63) is 29.8 Å². The van der Waals surface area contributed by atoms with Crippen molar-refractivity contribution < 1.29 is 23.6 Å². The van der Waals surface area contributed by atoms with Crippen LogP contribution in [0.15, 0.2) is 24.3 Å². The molecule has 7 heteroatoms. The molecule has 0 bridgehead atoms. The summed E-state index contributed by atoms with van der Waals surface area (Å²) in [6.45, 7) is 2.68. The molecule has 112 valence electrons. The van der Waals surface area contributed by atoms with Gasteiger partial charge in [0.15, 0.2) is 0 Å². The molecule has 5 nitrogen and oxygen atoms in total. The van der Waals surface area contributed by atoms with Gasteiger partial charge in [0.2, 0.25) is 5.91 Å². The first-order valence-corrected chi connectivity index (χ1v) is 5.88. The number of Topliss-reactive ketones (excluding diaryl/α,β-unsaturated/α-hetero) is 1. The molecule has 0 fully saturated rings. The van der Waals surface area contributed by atoms with Crippen LogP contribution in [0.2, 0.25) is 0 Å². The van der Waals surface area contributed by atoms with Gasteiger partial charge in [0.1, 0.15) is 5.78 Å². The molecule has 0 aliphatic rings. The number of benzene rings is 1. The fraction of sp³-hybridized carbons (Fsp3) is 0.385. The number of carbonyl (C=O) groups excluding carboxylic acids is 2. The quantitative estimate of drug-likeness (QED) is 0.573. The number of rotatable bonds is 5. The Labute approximate surface area is 115 Å². The summed E-state index contributed by atoms with van der Waals surface area (Å²) in [5.74, 6) is -0.191. The zero-order valence-electron chi connectivity index (χ0n) is 11.3. The van der Waals surface area contributed by atoms with Crippen LogP contribution in [0.5, 0.6) is 0 Å². The van der Waals surface area contributed by atoms with Crippen molar-refractivity contribution in [3.8, 4) is 0 Å². The average molecular weight is 288 g/mol. The van der Waals surface area contributed by atoms with Gasteiger partial charge in [0.25, 0.3) is 5.92 Å². The maximum atomic E-state index is 13.4. The average Bonchev–Trinajstić information content (AvgIpc) is 2.40. The smallest absolute Gasteiger partial charge is 0.273 e. The lowest BCUT2D eigenvalue weighted by molar-refractivity contribution is -0.124. The highest BCUT2D eigenvalue weighted by molar-refractivity contribution is 6.03. The van der Waals surface area contributed by atoms with Crippen LogP contribution in [0.3, 0.4) is 0 Å². The van der Waals surface area contributed by atoms with Crippen LogP contribution < -0.4 is 11.2 Å². The molecule has 1 aromatic rings. The Hall–Kier alpha value is -1.86. The molecule has 1 amide bonds. The third-order valence-electron chi connectivity index (χ3n) is 2.42. The third-order valence-corrected chi connectivity index (χ3v) is 2.42. The highest BCUT2D eigenvalue weighted by Crippen LogP contribution is 2.32. The van der Waals surface area contributed by atoms with Crippen molar-refractivity contribution in [3.63, 3.8) is 0 Å². The fourth-order valence-corrected chi connectivity index (χ4v) is 1.46. The number of nitrogens with two attached hydrogens (primary N) is 1. The van der Waals surface area contributed by atoms with Gasteiger partial charge in [0, 0.05) is 17.7 Å². The van der Waals surface area contributed by atoms with Crippen LogP contribution in [0.1, 0.15) is 32.3 Å². The van der Waals surface area contributed by atoms with Gasteiger partial charge in [-0.2, -0.15) is 0 Å². The predicted molar refractivity (Wildman–Crippen MR) is 70.5 cm³/mol. The number of nitrogens with one attached hydrogen (secondary N) is 1. The molecule has 0 atom stereocenters. The largest absolute Gasteiger partial charge is 0.326 e. The molecule has 20 heavy (non-hydrogen) atoms. The number of hydrogen-bond donors (Lipinski definition) is 3. The van der Waals surface area contributed by atoms with E-state index in [-0.39, 0.29) is 29.9 Å². The van der Waals surface area contributed by atoms with Crippen molar-refractivity contribution in [2.75, 3.05) is 5.32 Å². The topological polar surface area (TPSA) is 92.4 Å². The minimum absolute atomic E-state index is 0.148. The maximum absolute atomic E-state index is 13.4. The molecule has 0 unspecified atom stereocenters. The van der Waals surface area contributed by atoms with Crippen LogP contribution in [-0.4, -0.2) is 16.9 Å². The number of anilines is 1. The molecule has 0 aromatic heterocycles. The summed E-state index contributed by atoms with van der Waals surface area (Å²) >= 11 is 0. The first kappa shape index (κ1) is 18.1. The number of alkyl halides is 2. The van der Waals surface area contributed by atoms with Gasteiger partial charge in [-0.05, 0) is 19.1 Å². The van der Waals surface area contributed by atoms with Gasteiger partial charge < -0.3 is 10.5 Å². The van der Waals surface area contributed by atoms with Gasteiger partial charge >= 0.3 is 0 Å². The summed E-state index contributed by atoms with van der Waals surface area (Å²) in [5, 5.41) is 8.92. The van der Waals surface area contributed by atoms with E-state index in [4.69, 9.17) is 5.21 Å². The summed E-state index contributed by atoms with van der Waals surface area (Å²) in [6.07, 6.45) is -0.563.